The number of carboxylic acids is 1. The maximum Gasteiger partial charge on any atom is 0.321 e. The molecule has 1 rings (SSSR count). The highest BCUT2D eigenvalue weighted by molar-refractivity contribution is 7.89. The number of hydrogen-bond acceptors (Lipinski definition) is 3. The largest absolute Gasteiger partial charge is 0.480 e. The molecule has 0 heterocycles. The van der Waals surface area contributed by atoms with E-state index in [1.54, 1.807) is 6.92 Å². The molecule has 1 unspecified atom stereocenters. The van der Waals surface area contributed by atoms with Gasteiger partial charge in [-0.1, -0.05) is 36.2 Å². The van der Waals surface area contributed by atoms with Crippen LogP contribution in [0.15, 0.2) is 23.1 Å². The summed E-state index contributed by atoms with van der Waals surface area (Å²) < 4.78 is 25.7. The fourth-order valence-corrected chi connectivity index (χ4v) is 4.31. The molecule has 19 heavy (non-hydrogen) atoms. The topological polar surface area (TPSA) is 74.7 Å². The van der Waals surface area contributed by atoms with Crippen molar-refractivity contribution in [3.05, 3.63) is 28.2 Å². The smallest absolute Gasteiger partial charge is 0.321 e. The number of benzene rings is 1. The first-order valence-electron chi connectivity index (χ1n) is 5.42. The molecule has 0 fully saturated rings. The van der Waals surface area contributed by atoms with Crippen molar-refractivity contribution in [2.45, 2.75) is 24.8 Å². The van der Waals surface area contributed by atoms with Gasteiger partial charge in [-0.05, 0) is 19.1 Å². The first-order valence-corrected chi connectivity index (χ1v) is 7.61. The van der Waals surface area contributed by atoms with E-state index in [0.29, 0.717) is 0 Å². The minimum absolute atomic E-state index is 0.00263. The summed E-state index contributed by atoms with van der Waals surface area (Å²) in [6, 6.07) is 3.09. The zero-order chi connectivity index (χ0) is 14.8. The van der Waals surface area contributed by atoms with E-state index >= 15 is 0 Å². The second-order valence-electron chi connectivity index (χ2n) is 3.77. The van der Waals surface area contributed by atoms with Crippen LogP contribution < -0.4 is 0 Å². The van der Waals surface area contributed by atoms with Crippen molar-refractivity contribution in [3.8, 4) is 0 Å². The minimum Gasteiger partial charge on any atom is -0.480 e. The third-order valence-corrected chi connectivity index (χ3v) is 5.59. The first-order chi connectivity index (χ1) is 8.73. The number of carboxylic acid groups (broad SMARTS) is 1. The summed E-state index contributed by atoms with van der Waals surface area (Å²) in [6.07, 6.45) is 0. The molecule has 0 radical (unpaired) electrons. The molecule has 5 nitrogen and oxygen atoms in total. The highest BCUT2D eigenvalue weighted by atomic mass is 35.5. The number of likely N-dealkylation sites (N-methyl/N-ethyl adjacent to an activating group) is 1. The maximum absolute atomic E-state index is 12.4. The Morgan fingerprint density at radius 1 is 1.37 bits per heavy atom. The number of carbonyl (C=O) groups is 1. The molecule has 0 bridgehead atoms. The van der Waals surface area contributed by atoms with Gasteiger partial charge in [0.05, 0.1) is 10.0 Å². The van der Waals surface area contributed by atoms with Crippen LogP contribution >= 0.6 is 23.2 Å². The van der Waals surface area contributed by atoms with E-state index in [1.807, 2.05) is 0 Å². The van der Waals surface area contributed by atoms with E-state index in [2.05, 4.69) is 0 Å². The quantitative estimate of drug-likeness (QED) is 0.902. The minimum atomic E-state index is -4.07. The fraction of sp³-hybridized carbons (Fsp3) is 0.364. The predicted octanol–water partition coefficient (Wildman–Crippen LogP) is 2.48. The molecule has 0 aliphatic heterocycles. The second kappa shape index (κ2) is 6.09. The normalized spacial score (nSPS) is 13.5. The Kier molecular flexibility index (Phi) is 5.20. The van der Waals surface area contributed by atoms with Crippen LogP contribution in [0.1, 0.15) is 13.8 Å². The molecule has 1 N–H and O–H groups in total. The van der Waals surface area contributed by atoms with Crippen LogP contribution in [-0.2, 0) is 14.8 Å². The molecule has 0 amide bonds. The predicted molar refractivity (Wildman–Crippen MR) is 73.1 cm³/mol. The van der Waals surface area contributed by atoms with Crippen LogP contribution in [0, 0.1) is 0 Å². The molecule has 0 saturated carbocycles. The van der Waals surface area contributed by atoms with Gasteiger partial charge < -0.3 is 5.11 Å². The lowest BCUT2D eigenvalue weighted by Crippen LogP contribution is -2.43. The molecule has 106 valence electrons. The number of aliphatic carboxylic acids is 1. The van der Waals surface area contributed by atoms with Crippen molar-refractivity contribution in [1.29, 1.82) is 0 Å². The standard InChI is InChI=1S/C11H13Cl2NO4S/c1-3-14(7(2)11(15)16)19(17,18)10-8(12)5-4-6-9(10)13/h4-7H,3H2,1-2H3,(H,15,16). The van der Waals surface area contributed by atoms with Crippen LogP contribution in [-0.4, -0.2) is 36.4 Å². The molecule has 0 aliphatic carbocycles. The Labute approximate surface area is 121 Å². The Morgan fingerprint density at radius 3 is 2.21 bits per heavy atom. The lowest BCUT2D eigenvalue weighted by molar-refractivity contribution is -0.140. The molecule has 1 atom stereocenters. The van der Waals surface area contributed by atoms with Crippen molar-refractivity contribution in [1.82, 2.24) is 4.31 Å². The average Bonchev–Trinajstić information content (AvgIpc) is 2.28. The number of nitrogens with zero attached hydrogens (tertiary/aromatic N) is 1. The summed E-state index contributed by atoms with van der Waals surface area (Å²) in [6.45, 7) is 2.83. The lowest BCUT2D eigenvalue weighted by Gasteiger charge is -2.25. The van der Waals surface area contributed by atoms with E-state index in [-0.39, 0.29) is 21.5 Å². The molecule has 0 aliphatic rings. The number of sulfonamides is 1. The van der Waals surface area contributed by atoms with E-state index < -0.39 is 22.0 Å². The zero-order valence-electron chi connectivity index (χ0n) is 10.3. The van der Waals surface area contributed by atoms with E-state index in [1.165, 1.54) is 25.1 Å². The summed E-state index contributed by atoms with van der Waals surface area (Å²) in [7, 11) is -4.07. The Bertz CT molecular complexity index is 568. The second-order valence-corrected chi connectivity index (χ2v) is 6.42. The maximum atomic E-state index is 12.4. The molecule has 0 saturated heterocycles. The Hall–Kier alpha value is -0.820. The molecular formula is C11H13Cl2NO4S. The van der Waals surface area contributed by atoms with Crippen molar-refractivity contribution < 1.29 is 18.3 Å². The molecular weight excluding hydrogens is 313 g/mol. The van der Waals surface area contributed by atoms with Crippen LogP contribution in [0.4, 0.5) is 0 Å². The summed E-state index contributed by atoms with van der Waals surface area (Å²) >= 11 is 11.7. The van der Waals surface area contributed by atoms with Gasteiger partial charge in [-0.15, -0.1) is 0 Å². The van der Waals surface area contributed by atoms with Crippen LogP contribution in [0.25, 0.3) is 0 Å². The van der Waals surface area contributed by atoms with Gasteiger partial charge in [-0.3, -0.25) is 4.79 Å². The van der Waals surface area contributed by atoms with Crippen molar-refractivity contribution >= 4 is 39.2 Å². The van der Waals surface area contributed by atoms with Crippen molar-refractivity contribution in [2.75, 3.05) is 6.54 Å². The fourth-order valence-electron chi connectivity index (χ4n) is 1.62. The van der Waals surface area contributed by atoms with Crippen LogP contribution in [0.5, 0.6) is 0 Å². The van der Waals surface area contributed by atoms with Gasteiger partial charge in [0, 0.05) is 6.54 Å². The Morgan fingerprint density at radius 2 is 1.84 bits per heavy atom. The van der Waals surface area contributed by atoms with Gasteiger partial charge in [0.2, 0.25) is 10.0 Å². The average molecular weight is 326 g/mol. The van der Waals surface area contributed by atoms with Crippen LogP contribution in [0.3, 0.4) is 0 Å². The third kappa shape index (κ3) is 3.20. The number of hydrogen-bond donors (Lipinski definition) is 1. The summed E-state index contributed by atoms with van der Waals surface area (Å²) in [4.78, 5) is 10.7. The van der Waals surface area contributed by atoms with Gasteiger partial charge in [0.1, 0.15) is 10.9 Å². The molecule has 0 aromatic heterocycles. The van der Waals surface area contributed by atoms with Gasteiger partial charge in [-0.25, -0.2) is 8.42 Å². The Balaban J connectivity index is 3.41. The third-order valence-electron chi connectivity index (χ3n) is 2.59. The summed E-state index contributed by atoms with van der Waals surface area (Å²) in [5.74, 6) is -1.24. The van der Waals surface area contributed by atoms with E-state index in [9.17, 15) is 13.2 Å². The highest BCUT2D eigenvalue weighted by Crippen LogP contribution is 2.32. The molecule has 1 aromatic carbocycles. The summed E-state index contributed by atoms with van der Waals surface area (Å²) in [5, 5.41) is 8.88. The number of halogens is 2. The molecule has 8 heteroatoms. The summed E-state index contributed by atoms with van der Waals surface area (Å²) in [5.41, 5.74) is 0. The van der Waals surface area contributed by atoms with Crippen molar-refractivity contribution in [3.63, 3.8) is 0 Å². The molecule has 1 aromatic rings. The SMILES string of the molecule is CCN(C(C)C(=O)O)S(=O)(=O)c1c(Cl)cccc1Cl. The van der Waals surface area contributed by atoms with Gasteiger partial charge in [0.25, 0.3) is 0 Å². The first kappa shape index (κ1) is 16.2. The molecule has 0 spiro atoms. The van der Waals surface area contributed by atoms with E-state index in [0.717, 1.165) is 4.31 Å². The number of rotatable bonds is 5. The van der Waals surface area contributed by atoms with Crippen LogP contribution in [0.2, 0.25) is 10.0 Å². The highest BCUT2D eigenvalue weighted by Gasteiger charge is 2.34. The van der Waals surface area contributed by atoms with Gasteiger partial charge in [0.15, 0.2) is 0 Å². The van der Waals surface area contributed by atoms with Gasteiger partial charge >= 0.3 is 5.97 Å². The van der Waals surface area contributed by atoms with E-state index in [4.69, 9.17) is 28.3 Å². The zero-order valence-corrected chi connectivity index (χ0v) is 12.6. The lowest BCUT2D eigenvalue weighted by atomic mass is 10.3. The van der Waals surface area contributed by atoms with Gasteiger partial charge in [-0.2, -0.15) is 4.31 Å². The monoisotopic (exact) mass is 325 g/mol. The van der Waals surface area contributed by atoms with Crippen molar-refractivity contribution in [2.24, 2.45) is 0 Å².